The Kier molecular flexibility index (Phi) is 9.38. The van der Waals surface area contributed by atoms with Gasteiger partial charge in [-0.05, 0) is 42.3 Å². The first-order valence-corrected chi connectivity index (χ1v) is 12.4. The van der Waals surface area contributed by atoms with Gasteiger partial charge in [0.05, 0.1) is 5.75 Å². The lowest BCUT2D eigenvalue weighted by atomic mass is 10.0. The summed E-state index contributed by atoms with van der Waals surface area (Å²) in [4.78, 5) is 29.3. The fraction of sp³-hybridized carbons (Fsp3) is 0.231. The molecular formula is C26H27BrN2O2S. The van der Waals surface area contributed by atoms with E-state index in [1.54, 1.807) is 4.90 Å². The number of hydrogen-bond donors (Lipinski definition) is 1. The van der Waals surface area contributed by atoms with E-state index in [-0.39, 0.29) is 17.6 Å². The van der Waals surface area contributed by atoms with Crippen LogP contribution in [0, 0.1) is 0 Å². The number of nitrogens with one attached hydrogen (secondary N) is 1. The van der Waals surface area contributed by atoms with Crippen LogP contribution >= 0.6 is 27.7 Å². The molecule has 0 unspecified atom stereocenters. The quantitative estimate of drug-likeness (QED) is 0.375. The molecule has 0 saturated heterocycles. The summed E-state index contributed by atoms with van der Waals surface area (Å²) in [5.74, 6) is 0.0679. The highest BCUT2D eigenvalue weighted by atomic mass is 79.9. The molecule has 4 nitrogen and oxygen atoms in total. The number of halogens is 1. The Labute approximate surface area is 202 Å². The lowest BCUT2D eigenvalue weighted by Gasteiger charge is -2.31. The molecule has 0 radical (unpaired) electrons. The van der Waals surface area contributed by atoms with Gasteiger partial charge in [-0.1, -0.05) is 76.6 Å². The van der Waals surface area contributed by atoms with Gasteiger partial charge in [0.1, 0.15) is 6.04 Å². The Hall–Kier alpha value is -2.57. The van der Waals surface area contributed by atoms with Gasteiger partial charge in [-0.25, -0.2) is 0 Å². The van der Waals surface area contributed by atoms with Crippen LogP contribution in [-0.2, 0) is 22.6 Å². The van der Waals surface area contributed by atoms with Crippen molar-refractivity contribution in [3.63, 3.8) is 0 Å². The molecule has 3 rings (SSSR count). The van der Waals surface area contributed by atoms with Gasteiger partial charge in [-0.3, -0.25) is 9.59 Å². The number of rotatable bonds is 10. The second-order valence-electron chi connectivity index (χ2n) is 7.35. The molecule has 0 aliphatic carbocycles. The van der Waals surface area contributed by atoms with Crippen molar-refractivity contribution in [1.29, 1.82) is 0 Å². The molecule has 0 fully saturated rings. The zero-order chi connectivity index (χ0) is 22.8. The second kappa shape index (κ2) is 12.5. The van der Waals surface area contributed by atoms with Crippen molar-refractivity contribution in [2.24, 2.45) is 0 Å². The summed E-state index contributed by atoms with van der Waals surface area (Å²) in [6.45, 7) is 2.77. The molecule has 2 amide bonds. The summed E-state index contributed by atoms with van der Waals surface area (Å²) in [6.07, 6.45) is 0.461. The van der Waals surface area contributed by atoms with E-state index in [9.17, 15) is 9.59 Å². The number of benzene rings is 3. The SMILES string of the molecule is CCNC(=O)[C@@H](Cc1ccccc1)N(Cc1cccc(Br)c1)C(=O)CSc1ccccc1. The molecular weight excluding hydrogens is 484 g/mol. The molecule has 0 aliphatic heterocycles. The highest BCUT2D eigenvalue weighted by Crippen LogP contribution is 2.22. The van der Waals surface area contributed by atoms with Crippen molar-refractivity contribution in [1.82, 2.24) is 10.2 Å². The lowest BCUT2D eigenvalue weighted by Crippen LogP contribution is -2.51. The van der Waals surface area contributed by atoms with Crippen LogP contribution in [0.5, 0.6) is 0 Å². The van der Waals surface area contributed by atoms with Gasteiger partial charge in [0.25, 0.3) is 0 Å². The van der Waals surface area contributed by atoms with Crippen molar-refractivity contribution < 1.29 is 9.59 Å². The van der Waals surface area contributed by atoms with Crippen molar-refractivity contribution in [3.05, 3.63) is 101 Å². The first-order valence-electron chi connectivity index (χ1n) is 10.6. The standard InChI is InChI=1S/C26H27BrN2O2S/c1-2-28-26(31)24(17-20-10-5-3-6-11-20)29(18-21-12-9-13-22(27)16-21)25(30)19-32-23-14-7-4-8-15-23/h3-16,24H,2,17-19H2,1H3,(H,28,31)/t24-/m1/s1. The van der Waals surface area contributed by atoms with E-state index < -0.39 is 6.04 Å². The molecule has 166 valence electrons. The number of hydrogen-bond acceptors (Lipinski definition) is 3. The van der Waals surface area contributed by atoms with Gasteiger partial charge in [-0.2, -0.15) is 0 Å². The predicted molar refractivity (Wildman–Crippen MR) is 134 cm³/mol. The number of nitrogens with zero attached hydrogens (tertiary/aromatic N) is 1. The van der Waals surface area contributed by atoms with Gasteiger partial charge in [-0.15, -0.1) is 11.8 Å². The minimum absolute atomic E-state index is 0.0639. The topological polar surface area (TPSA) is 49.4 Å². The molecule has 0 aliphatic rings. The predicted octanol–water partition coefficient (Wildman–Crippen LogP) is 5.32. The maximum absolute atomic E-state index is 13.5. The Morgan fingerprint density at radius 2 is 1.59 bits per heavy atom. The number of likely N-dealkylation sites (N-methyl/N-ethyl adjacent to an activating group) is 1. The smallest absolute Gasteiger partial charge is 0.243 e. The fourth-order valence-corrected chi connectivity index (χ4v) is 4.67. The van der Waals surface area contributed by atoms with Crippen molar-refractivity contribution >= 4 is 39.5 Å². The van der Waals surface area contributed by atoms with Crippen LogP contribution in [0.3, 0.4) is 0 Å². The third-order valence-corrected chi connectivity index (χ3v) is 6.46. The van der Waals surface area contributed by atoms with E-state index in [0.717, 1.165) is 20.5 Å². The van der Waals surface area contributed by atoms with E-state index in [2.05, 4.69) is 21.2 Å². The summed E-state index contributed by atoms with van der Waals surface area (Å²) in [6, 6.07) is 27.0. The summed E-state index contributed by atoms with van der Waals surface area (Å²) < 4.78 is 0.943. The average Bonchev–Trinajstić information content (AvgIpc) is 2.81. The second-order valence-corrected chi connectivity index (χ2v) is 9.32. The average molecular weight is 511 g/mol. The monoisotopic (exact) mass is 510 g/mol. The lowest BCUT2D eigenvalue weighted by molar-refractivity contribution is -0.139. The minimum Gasteiger partial charge on any atom is -0.355 e. The zero-order valence-corrected chi connectivity index (χ0v) is 20.4. The van der Waals surface area contributed by atoms with Crippen LogP contribution in [0.1, 0.15) is 18.1 Å². The van der Waals surface area contributed by atoms with Crippen LogP contribution in [0.2, 0.25) is 0 Å². The molecule has 3 aromatic rings. The molecule has 1 atom stereocenters. The highest BCUT2D eigenvalue weighted by Gasteiger charge is 2.30. The molecule has 0 aromatic heterocycles. The maximum Gasteiger partial charge on any atom is 0.243 e. The van der Waals surface area contributed by atoms with E-state index in [1.165, 1.54) is 11.8 Å². The third kappa shape index (κ3) is 7.24. The van der Waals surface area contributed by atoms with E-state index in [4.69, 9.17) is 0 Å². The van der Waals surface area contributed by atoms with E-state index in [0.29, 0.717) is 19.5 Å². The summed E-state index contributed by atoms with van der Waals surface area (Å²) >= 11 is 5.00. The molecule has 0 spiro atoms. The number of thioether (sulfide) groups is 1. The van der Waals surface area contributed by atoms with Crippen LogP contribution in [0.4, 0.5) is 0 Å². The minimum atomic E-state index is -0.597. The number of amides is 2. The van der Waals surface area contributed by atoms with Gasteiger partial charge in [0.2, 0.25) is 11.8 Å². The van der Waals surface area contributed by atoms with E-state index in [1.807, 2.05) is 91.9 Å². The largest absolute Gasteiger partial charge is 0.355 e. The first-order chi connectivity index (χ1) is 15.6. The van der Waals surface area contributed by atoms with Crippen molar-refractivity contribution in [3.8, 4) is 0 Å². The molecule has 0 bridgehead atoms. The van der Waals surface area contributed by atoms with Gasteiger partial charge in [0.15, 0.2) is 0 Å². The fourth-order valence-electron chi connectivity index (χ4n) is 3.42. The number of carbonyl (C=O) groups is 2. The van der Waals surface area contributed by atoms with Crippen LogP contribution in [0.15, 0.2) is 94.3 Å². The number of carbonyl (C=O) groups excluding carboxylic acids is 2. The Bertz CT molecular complexity index is 1010. The maximum atomic E-state index is 13.5. The molecule has 32 heavy (non-hydrogen) atoms. The Balaban J connectivity index is 1.88. The van der Waals surface area contributed by atoms with Crippen LogP contribution in [0.25, 0.3) is 0 Å². The van der Waals surface area contributed by atoms with Gasteiger partial charge in [0, 0.05) is 28.9 Å². The van der Waals surface area contributed by atoms with Crippen LogP contribution in [-0.4, -0.2) is 35.1 Å². The summed E-state index contributed by atoms with van der Waals surface area (Å²) in [5.41, 5.74) is 1.99. The van der Waals surface area contributed by atoms with E-state index >= 15 is 0 Å². The Morgan fingerprint density at radius 1 is 0.938 bits per heavy atom. The molecule has 3 aromatic carbocycles. The summed E-state index contributed by atoms with van der Waals surface area (Å²) in [7, 11) is 0. The summed E-state index contributed by atoms with van der Waals surface area (Å²) in [5, 5.41) is 2.92. The highest BCUT2D eigenvalue weighted by molar-refractivity contribution is 9.10. The van der Waals surface area contributed by atoms with Gasteiger partial charge >= 0.3 is 0 Å². The molecule has 0 heterocycles. The molecule has 0 saturated carbocycles. The van der Waals surface area contributed by atoms with Gasteiger partial charge < -0.3 is 10.2 Å². The van der Waals surface area contributed by atoms with Crippen molar-refractivity contribution in [2.45, 2.75) is 30.8 Å². The zero-order valence-electron chi connectivity index (χ0n) is 18.0. The Morgan fingerprint density at radius 3 is 2.25 bits per heavy atom. The third-order valence-electron chi connectivity index (χ3n) is 4.97. The molecule has 6 heteroatoms. The van der Waals surface area contributed by atoms with Crippen LogP contribution < -0.4 is 5.32 Å². The van der Waals surface area contributed by atoms with Crippen molar-refractivity contribution in [2.75, 3.05) is 12.3 Å². The molecule has 1 N–H and O–H groups in total. The first kappa shape index (κ1) is 24.1. The normalized spacial score (nSPS) is 11.6.